The van der Waals surface area contributed by atoms with E-state index in [0.717, 1.165) is 36.8 Å². The summed E-state index contributed by atoms with van der Waals surface area (Å²) < 4.78 is 27.5. The average molecular weight is 469 g/mol. The Morgan fingerprint density at radius 1 is 0.571 bits per heavy atom. The van der Waals surface area contributed by atoms with Crippen LogP contribution in [0.3, 0.4) is 0 Å². The van der Waals surface area contributed by atoms with Crippen molar-refractivity contribution in [2.45, 2.75) is 57.3 Å². The molecule has 4 aromatic carbocycles. The molecule has 0 saturated heterocycles. The largest absolute Gasteiger partial charge is 0.207 e. The topological polar surface area (TPSA) is 0 Å². The van der Waals surface area contributed by atoms with Gasteiger partial charge in [0, 0.05) is 10.8 Å². The number of hydrogen-bond acceptors (Lipinski definition) is 0. The van der Waals surface area contributed by atoms with Crippen molar-refractivity contribution in [3.63, 3.8) is 0 Å². The van der Waals surface area contributed by atoms with Crippen LogP contribution in [0.5, 0.6) is 0 Å². The number of rotatable bonds is 9. The zero-order chi connectivity index (χ0) is 24.9. The highest BCUT2D eigenvalue weighted by Crippen LogP contribution is 2.42. The van der Waals surface area contributed by atoms with Crippen LogP contribution in [0.15, 0.2) is 103 Å². The van der Waals surface area contributed by atoms with Crippen LogP contribution in [0.1, 0.15) is 67.9 Å². The van der Waals surface area contributed by atoms with E-state index in [1.54, 1.807) is 24.3 Å². The lowest BCUT2D eigenvalue weighted by Gasteiger charge is -2.36. The molecule has 0 bridgehead atoms. The lowest BCUT2D eigenvalue weighted by molar-refractivity contribution is 0.451. The summed E-state index contributed by atoms with van der Waals surface area (Å²) in [6, 6.07) is 33.2. The van der Waals surface area contributed by atoms with Gasteiger partial charge in [0.1, 0.15) is 11.6 Å². The van der Waals surface area contributed by atoms with Crippen molar-refractivity contribution in [3.8, 4) is 0 Å². The molecule has 0 saturated carbocycles. The Morgan fingerprint density at radius 3 is 1.66 bits per heavy atom. The van der Waals surface area contributed by atoms with Crippen molar-refractivity contribution in [1.29, 1.82) is 0 Å². The molecule has 4 aromatic rings. The number of benzene rings is 4. The van der Waals surface area contributed by atoms with Crippen LogP contribution in [0.2, 0.25) is 0 Å². The van der Waals surface area contributed by atoms with Gasteiger partial charge in [0.2, 0.25) is 0 Å². The Hall–Kier alpha value is -3.26. The molecule has 0 aliphatic rings. The molecule has 0 radical (unpaired) electrons. The maximum Gasteiger partial charge on any atom is 0.123 e. The number of aryl methyl sites for hydroxylation is 1. The van der Waals surface area contributed by atoms with Crippen molar-refractivity contribution in [1.82, 2.24) is 0 Å². The molecule has 0 aliphatic carbocycles. The summed E-state index contributed by atoms with van der Waals surface area (Å²) >= 11 is 0. The SMILES string of the molecule is CCC(C)(c1ccc(F)cc1)c1ccccc1CCC(CC)(c1ccccc1)c1ccc(F)cc1. The Labute approximate surface area is 208 Å². The molecule has 0 amide bonds. The molecule has 4 rings (SSSR count). The molecular formula is C33H34F2. The fourth-order valence-corrected chi connectivity index (χ4v) is 5.56. The lowest BCUT2D eigenvalue weighted by atomic mass is 9.67. The van der Waals surface area contributed by atoms with Gasteiger partial charge in [0.25, 0.3) is 0 Å². The van der Waals surface area contributed by atoms with Crippen LogP contribution in [0.4, 0.5) is 8.78 Å². The molecule has 35 heavy (non-hydrogen) atoms. The molecule has 0 N–H and O–H groups in total. The van der Waals surface area contributed by atoms with Gasteiger partial charge in [-0.3, -0.25) is 0 Å². The van der Waals surface area contributed by atoms with Gasteiger partial charge in [-0.25, -0.2) is 8.78 Å². The van der Waals surface area contributed by atoms with Gasteiger partial charge >= 0.3 is 0 Å². The minimum atomic E-state index is -0.222. The summed E-state index contributed by atoms with van der Waals surface area (Å²) in [6.07, 6.45) is 3.60. The predicted molar refractivity (Wildman–Crippen MR) is 142 cm³/mol. The van der Waals surface area contributed by atoms with Gasteiger partial charge < -0.3 is 0 Å². The Morgan fingerprint density at radius 2 is 1.09 bits per heavy atom. The third-order valence-electron chi connectivity index (χ3n) is 7.95. The highest BCUT2D eigenvalue weighted by atomic mass is 19.1. The summed E-state index contributed by atoms with van der Waals surface area (Å²) in [5.41, 5.74) is 5.66. The summed E-state index contributed by atoms with van der Waals surface area (Å²) in [5.74, 6) is -0.425. The molecule has 0 spiro atoms. The number of hydrogen-bond donors (Lipinski definition) is 0. The highest BCUT2D eigenvalue weighted by molar-refractivity contribution is 5.45. The van der Waals surface area contributed by atoms with Gasteiger partial charge in [-0.1, -0.05) is 99.6 Å². The minimum absolute atomic E-state index is 0.213. The first-order chi connectivity index (χ1) is 16.9. The smallest absolute Gasteiger partial charge is 0.123 e. The molecule has 180 valence electrons. The zero-order valence-corrected chi connectivity index (χ0v) is 20.9. The molecule has 0 heterocycles. The quantitative estimate of drug-likeness (QED) is 0.230. The van der Waals surface area contributed by atoms with Crippen LogP contribution < -0.4 is 0 Å². The summed E-state index contributed by atoms with van der Waals surface area (Å²) in [7, 11) is 0. The lowest BCUT2D eigenvalue weighted by Crippen LogP contribution is -2.29. The van der Waals surface area contributed by atoms with E-state index in [9.17, 15) is 8.78 Å². The highest BCUT2D eigenvalue weighted by Gasteiger charge is 2.34. The first kappa shape index (κ1) is 24.9. The third kappa shape index (κ3) is 4.93. The van der Waals surface area contributed by atoms with Crippen LogP contribution in [-0.2, 0) is 17.3 Å². The summed E-state index contributed by atoms with van der Waals surface area (Å²) in [4.78, 5) is 0. The van der Waals surface area contributed by atoms with Crippen molar-refractivity contribution >= 4 is 0 Å². The minimum Gasteiger partial charge on any atom is -0.207 e. The second-order valence-corrected chi connectivity index (χ2v) is 9.66. The number of halogens is 2. The van der Waals surface area contributed by atoms with Gasteiger partial charge in [-0.2, -0.15) is 0 Å². The van der Waals surface area contributed by atoms with E-state index >= 15 is 0 Å². The standard InChI is InChI=1S/C33H34F2/c1-4-32(3,26-15-19-29(34)20-16-26)31-14-10-9-11-25(31)23-24-33(5-2,27-12-7-6-8-13-27)28-17-21-30(35)22-18-28/h6-22H,4-5,23-24H2,1-3H3. The van der Waals surface area contributed by atoms with E-state index in [-0.39, 0.29) is 22.5 Å². The monoisotopic (exact) mass is 468 g/mol. The Balaban J connectivity index is 1.76. The van der Waals surface area contributed by atoms with Crippen molar-refractivity contribution < 1.29 is 8.78 Å². The van der Waals surface area contributed by atoms with Gasteiger partial charge in [-0.15, -0.1) is 0 Å². The van der Waals surface area contributed by atoms with Crippen LogP contribution in [-0.4, -0.2) is 0 Å². The molecule has 2 atom stereocenters. The Bertz CT molecular complexity index is 1230. The van der Waals surface area contributed by atoms with Crippen molar-refractivity contribution in [3.05, 3.63) is 143 Å². The van der Waals surface area contributed by atoms with E-state index in [0.29, 0.717) is 0 Å². The van der Waals surface area contributed by atoms with Gasteiger partial charge in [0.15, 0.2) is 0 Å². The second kappa shape index (κ2) is 10.6. The van der Waals surface area contributed by atoms with Gasteiger partial charge in [0.05, 0.1) is 0 Å². The zero-order valence-electron chi connectivity index (χ0n) is 20.9. The maximum absolute atomic E-state index is 13.8. The van der Waals surface area contributed by atoms with E-state index in [1.165, 1.54) is 16.7 Å². The molecule has 0 fully saturated rings. The fourth-order valence-electron chi connectivity index (χ4n) is 5.56. The maximum atomic E-state index is 13.8. The first-order valence-electron chi connectivity index (χ1n) is 12.6. The average Bonchev–Trinajstić information content (AvgIpc) is 2.91. The molecule has 0 aromatic heterocycles. The van der Waals surface area contributed by atoms with E-state index in [1.807, 2.05) is 30.3 Å². The second-order valence-electron chi connectivity index (χ2n) is 9.66. The first-order valence-corrected chi connectivity index (χ1v) is 12.6. The summed E-state index contributed by atoms with van der Waals surface area (Å²) in [5, 5.41) is 0. The van der Waals surface area contributed by atoms with Crippen molar-refractivity contribution in [2.24, 2.45) is 0 Å². The van der Waals surface area contributed by atoms with Crippen LogP contribution in [0.25, 0.3) is 0 Å². The van der Waals surface area contributed by atoms with Crippen LogP contribution in [0, 0.1) is 11.6 Å². The van der Waals surface area contributed by atoms with Crippen molar-refractivity contribution in [2.75, 3.05) is 0 Å². The van der Waals surface area contributed by atoms with Gasteiger partial charge in [-0.05, 0) is 77.8 Å². The molecule has 0 aliphatic heterocycles. The third-order valence-corrected chi connectivity index (χ3v) is 7.95. The van der Waals surface area contributed by atoms with E-state index in [4.69, 9.17) is 0 Å². The molecule has 2 unspecified atom stereocenters. The normalized spacial score (nSPS) is 14.8. The summed E-state index contributed by atoms with van der Waals surface area (Å²) in [6.45, 7) is 6.67. The van der Waals surface area contributed by atoms with E-state index in [2.05, 4.69) is 69.3 Å². The Kier molecular flexibility index (Phi) is 7.50. The fraction of sp³-hybridized carbons (Fsp3) is 0.273. The van der Waals surface area contributed by atoms with Crippen LogP contribution >= 0.6 is 0 Å². The molecular weight excluding hydrogens is 434 g/mol. The molecule has 0 nitrogen and oxygen atoms in total. The predicted octanol–water partition coefficient (Wildman–Crippen LogP) is 9.01. The van der Waals surface area contributed by atoms with E-state index < -0.39 is 0 Å². The molecule has 2 heteroatoms.